The number of aryl methyl sites for hydroxylation is 1. The number of benzene rings is 1. The molecule has 2 aromatic heterocycles. The standard InChI is InChI=1S/C18H20N6O3S/c1-13-9-12-24(23-13)18-8-7-17(21-22-18)19-10-11-20-28(26,27)16-5-3-15(4-6-16)14(2)25/h3-9,12,20H,10-11H2,1-2H3,(H,19,21). The van der Waals surface area contributed by atoms with Gasteiger partial charge in [0.15, 0.2) is 11.6 Å². The summed E-state index contributed by atoms with van der Waals surface area (Å²) in [7, 11) is -3.65. The molecule has 0 aliphatic rings. The minimum Gasteiger partial charge on any atom is -0.367 e. The Bertz CT molecular complexity index is 1060. The Hall–Kier alpha value is -3.11. The number of carbonyl (C=O) groups is 1. The second-order valence-electron chi connectivity index (χ2n) is 6.08. The van der Waals surface area contributed by atoms with Crippen LogP contribution in [0.1, 0.15) is 23.0 Å². The highest BCUT2D eigenvalue weighted by molar-refractivity contribution is 7.89. The van der Waals surface area contributed by atoms with Crippen molar-refractivity contribution in [2.45, 2.75) is 18.7 Å². The minimum atomic E-state index is -3.65. The summed E-state index contributed by atoms with van der Waals surface area (Å²) in [4.78, 5) is 11.4. The smallest absolute Gasteiger partial charge is 0.240 e. The minimum absolute atomic E-state index is 0.108. The first-order valence-corrected chi connectivity index (χ1v) is 10.0. The van der Waals surface area contributed by atoms with Crippen LogP contribution in [0.25, 0.3) is 5.82 Å². The van der Waals surface area contributed by atoms with Gasteiger partial charge in [-0.05, 0) is 44.2 Å². The fourth-order valence-electron chi connectivity index (χ4n) is 2.41. The molecule has 0 atom stereocenters. The quantitative estimate of drug-likeness (QED) is 0.435. The molecule has 0 radical (unpaired) electrons. The zero-order valence-corrected chi connectivity index (χ0v) is 16.3. The van der Waals surface area contributed by atoms with Gasteiger partial charge in [-0.3, -0.25) is 4.79 Å². The van der Waals surface area contributed by atoms with E-state index in [9.17, 15) is 13.2 Å². The molecule has 1 aromatic carbocycles. The van der Waals surface area contributed by atoms with Crippen LogP contribution in [0, 0.1) is 6.92 Å². The van der Waals surface area contributed by atoms with E-state index >= 15 is 0 Å². The third kappa shape index (κ3) is 4.78. The predicted octanol–water partition coefficient (Wildman–Crippen LogP) is 1.56. The van der Waals surface area contributed by atoms with Crippen molar-refractivity contribution in [2.75, 3.05) is 18.4 Å². The lowest BCUT2D eigenvalue weighted by Gasteiger charge is -2.09. The maximum Gasteiger partial charge on any atom is 0.240 e. The number of ketones is 1. The SMILES string of the molecule is CC(=O)c1ccc(S(=O)(=O)NCCNc2ccc(-n3ccc(C)n3)nn2)cc1. The Balaban J connectivity index is 1.51. The highest BCUT2D eigenvalue weighted by Gasteiger charge is 2.13. The number of carbonyl (C=O) groups excluding carboxylic acids is 1. The Labute approximate surface area is 162 Å². The van der Waals surface area contributed by atoms with E-state index in [0.29, 0.717) is 23.7 Å². The number of anilines is 1. The van der Waals surface area contributed by atoms with Crippen molar-refractivity contribution in [3.8, 4) is 5.82 Å². The van der Waals surface area contributed by atoms with Gasteiger partial charge >= 0.3 is 0 Å². The van der Waals surface area contributed by atoms with Crippen molar-refractivity contribution in [3.63, 3.8) is 0 Å². The lowest BCUT2D eigenvalue weighted by molar-refractivity contribution is 0.101. The summed E-state index contributed by atoms with van der Waals surface area (Å²) in [6, 6.07) is 11.2. The molecule has 0 aliphatic heterocycles. The van der Waals surface area contributed by atoms with Gasteiger partial charge in [-0.1, -0.05) is 12.1 Å². The maximum absolute atomic E-state index is 12.3. The van der Waals surface area contributed by atoms with Crippen molar-refractivity contribution in [2.24, 2.45) is 0 Å². The molecule has 9 nitrogen and oxygen atoms in total. The number of Topliss-reactive ketones (excluding diaryl/α,β-unsaturated/α-hetero) is 1. The topological polar surface area (TPSA) is 119 Å². The van der Waals surface area contributed by atoms with E-state index in [2.05, 4.69) is 25.3 Å². The normalized spacial score (nSPS) is 11.4. The molecule has 146 valence electrons. The molecule has 0 aliphatic carbocycles. The zero-order valence-electron chi connectivity index (χ0n) is 15.5. The molecule has 2 heterocycles. The summed E-state index contributed by atoms with van der Waals surface area (Å²) in [6.07, 6.45) is 1.80. The molecular weight excluding hydrogens is 380 g/mol. The van der Waals surface area contributed by atoms with Gasteiger partial charge in [-0.2, -0.15) is 5.10 Å². The van der Waals surface area contributed by atoms with Crippen molar-refractivity contribution in [3.05, 3.63) is 59.9 Å². The van der Waals surface area contributed by atoms with E-state index in [4.69, 9.17) is 0 Å². The third-order valence-corrected chi connectivity index (χ3v) is 5.38. The van der Waals surface area contributed by atoms with E-state index in [1.165, 1.54) is 31.2 Å². The second-order valence-corrected chi connectivity index (χ2v) is 7.85. The number of aromatic nitrogens is 4. The summed E-state index contributed by atoms with van der Waals surface area (Å²) in [6.45, 7) is 3.82. The molecule has 3 rings (SSSR count). The number of nitrogens with zero attached hydrogens (tertiary/aromatic N) is 4. The summed E-state index contributed by atoms with van der Waals surface area (Å²) in [5.74, 6) is 1.00. The Morgan fingerprint density at radius 1 is 1.04 bits per heavy atom. The van der Waals surface area contributed by atoms with Crippen LogP contribution in [0.15, 0.2) is 53.6 Å². The number of sulfonamides is 1. The van der Waals surface area contributed by atoms with Crippen LogP contribution >= 0.6 is 0 Å². The first kappa shape index (κ1) is 19.6. The fraction of sp³-hybridized carbons (Fsp3) is 0.222. The van der Waals surface area contributed by atoms with E-state index in [0.717, 1.165) is 5.69 Å². The highest BCUT2D eigenvalue weighted by Crippen LogP contribution is 2.11. The summed E-state index contributed by atoms with van der Waals surface area (Å²) >= 11 is 0. The Kier molecular flexibility index (Phi) is 5.81. The molecule has 3 aromatic rings. The van der Waals surface area contributed by atoms with Gasteiger partial charge in [0.05, 0.1) is 10.6 Å². The Morgan fingerprint density at radius 3 is 2.36 bits per heavy atom. The average Bonchev–Trinajstić information content (AvgIpc) is 3.12. The molecule has 0 saturated heterocycles. The van der Waals surface area contributed by atoms with E-state index in [-0.39, 0.29) is 17.2 Å². The van der Waals surface area contributed by atoms with Crippen LogP contribution in [-0.2, 0) is 10.0 Å². The number of nitrogens with one attached hydrogen (secondary N) is 2. The summed E-state index contributed by atoms with van der Waals surface area (Å²) in [5.41, 5.74) is 1.35. The molecule has 0 amide bonds. The first-order chi connectivity index (χ1) is 13.3. The maximum atomic E-state index is 12.3. The van der Waals surface area contributed by atoms with Gasteiger partial charge in [-0.25, -0.2) is 17.8 Å². The van der Waals surface area contributed by atoms with Crippen LogP contribution in [-0.4, -0.2) is 47.3 Å². The summed E-state index contributed by atoms with van der Waals surface area (Å²) in [5, 5.41) is 15.4. The fourth-order valence-corrected chi connectivity index (χ4v) is 3.44. The lowest BCUT2D eigenvalue weighted by Crippen LogP contribution is -2.29. The molecule has 0 bridgehead atoms. The van der Waals surface area contributed by atoms with Crippen LogP contribution in [0.5, 0.6) is 0 Å². The second kappa shape index (κ2) is 8.28. The van der Waals surface area contributed by atoms with Gasteiger partial charge in [0.2, 0.25) is 10.0 Å². The molecule has 2 N–H and O–H groups in total. The molecule has 0 saturated carbocycles. The average molecular weight is 400 g/mol. The predicted molar refractivity (Wildman–Crippen MR) is 104 cm³/mol. The van der Waals surface area contributed by atoms with Crippen molar-refractivity contribution < 1.29 is 13.2 Å². The monoisotopic (exact) mass is 400 g/mol. The lowest BCUT2D eigenvalue weighted by atomic mass is 10.2. The van der Waals surface area contributed by atoms with Crippen molar-refractivity contribution in [1.29, 1.82) is 0 Å². The van der Waals surface area contributed by atoms with Crippen LogP contribution in [0.2, 0.25) is 0 Å². The molecule has 10 heteroatoms. The van der Waals surface area contributed by atoms with Gasteiger partial charge in [-0.15, -0.1) is 10.2 Å². The van der Waals surface area contributed by atoms with Gasteiger partial charge in [0, 0.05) is 24.8 Å². The van der Waals surface area contributed by atoms with E-state index < -0.39 is 10.0 Å². The highest BCUT2D eigenvalue weighted by atomic mass is 32.2. The van der Waals surface area contributed by atoms with Gasteiger partial charge in [0.25, 0.3) is 0 Å². The van der Waals surface area contributed by atoms with E-state index in [1.807, 2.05) is 13.0 Å². The number of rotatable bonds is 8. The van der Waals surface area contributed by atoms with Crippen LogP contribution in [0.4, 0.5) is 5.82 Å². The summed E-state index contributed by atoms with van der Waals surface area (Å²) < 4.78 is 28.7. The molecule has 0 spiro atoms. The Morgan fingerprint density at radius 2 is 1.79 bits per heavy atom. The zero-order chi connectivity index (χ0) is 20.1. The number of hydrogen-bond donors (Lipinski definition) is 2. The molecule has 0 unspecified atom stereocenters. The molecule has 28 heavy (non-hydrogen) atoms. The number of hydrogen-bond acceptors (Lipinski definition) is 7. The van der Waals surface area contributed by atoms with Crippen LogP contribution < -0.4 is 10.0 Å². The van der Waals surface area contributed by atoms with Crippen LogP contribution in [0.3, 0.4) is 0 Å². The molecular formula is C18H20N6O3S. The third-order valence-electron chi connectivity index (χ3n) is 3.90. The first-order valence-electron chi connectivity index (χ1n) is 8.56. The van der Waals surface area contributed by atoms with Gasteiger partial charge < -0.3 is 5.32 Å². The van der Waals surface area contributed by atoms with Crippen molar-refractivity contribution in [1.82, 2.24) is 24.7 Å². The van der Waals surface area contributed by atoms with Crippen molar-refractivity contribution >= 4 is 21.6 Å². The largest absolute Gasteiger partial charge is 0.367 e. The van der Waals surface area contributed by atoms with E-state index in [1.54, 1.807) is 23.0 Å². The molecule has 0 fully saturated rings. The van der Waals surface area contributed by atoms with Gasteiger partial charge in [0.1, 0.15) is 5.82 Å².